The summed E-state index contributed by atoms with van der Waals surface area (Å²) in [6.45, 7) is 4.67. The summed E-state index contributed by atoms with van der Waals surface area (Å²) in [5.41, 5.74) is 5.00. The maximum absolute atomic E-state index is 14.5. The summed E-state index contributed by atoms with van der Waals surface area (Å²) >= 11 is 0. The molecule has 24 heavy (non-hydrogen) atoms. The van der Waals surface area contributed by atoms with Crippen LogP contribution in [0.5, 0.6) is 5.75 Å². The zero-order chi connectivity index (χ0) is 17.6. The number of pyridine rings is 1. The van der Waals surface area contributed by atoms with Gasteiger partial charge in [-0.1, -0.05) is 13.8 Å². The minimum atomic E-state index is -1.33. The van der Waals surface area contributed by atoms with Gasteiger partial charge in [0.05, 0.1) is 23.0 Å². The Morgan fingerprint density at radius 1 is 1.42 bits per heavy atom. The van der Waals surface area contributed by atoms with E-state index in [9.17, 15) is 14.0 Å². The highest BCUT2D eigenvalue weighted by Gasteiger charge is 2.46. The van der Waals surface area contributed by atoms with Crippen LogP contribution in [0, 0.1) is 5.82 Å². The van der Waals surface area contributed by atoms with E-state index < -0.39 is 22.8 Å². The van der Waals surface area contributed by atoms with Gasteiger partial charge in [0.15, 0.2) is 5.75 Å². The van der Waals surface area contributed by atoms with E-state index in [0.29, 0.717) is 24.9 Å². The van der Waals surface area contributed by atoms with Crippen molar-refractivity contribution in [1.82, 2.24) is 4.57 Å². The molecular weight excluding hydrogens is 315 g/mol. The van der Waals surface area contributed by atoms with Crippen molar-refractivity contribution in [2.24, 2.45) is 5.73 Å². The molecule has 1 aliphatic carbocycles. The van der Waals surface area contributed by atoms with Gasteiger partial charge in [-0.25, -0.2) is 9.18 Å². The van der Waals surface area contributed by atoms with Gasteiger partial charge in [0.1, 0.15) is 18.0 Å². The molecule has 6 nitrogen and oxygen atoms in total. The lowest BCUT2D eigenvalue weighted by Crippen LogP contribution is -2.28. The van der Waals surface area contributed by atoms with Crippen molar-refractivity contribution in [3.05, 3.63) is 39.4 Å². The average Bonchev–Trinajstić information content (AvgIpc) is 3.30. The molecule has 1 aromatic heterocycles. The number of nitrogens with zero attached hydrogens (tertiary/aromatic N) is 1. The summed E-state index contributed by atoms with van der Waals surface area (Å²) in [4.78, 5) is 23.5. The maximum atomic E-state index is 14.5. The standard InChI is InChI=1S/C15H13FN2O4.C2H6/c16-9-5-7-11-13(10(9)15(17)1-2-15)22-4-3-18(11)6-8(12(7)19)14(20)21;1-2/h5-6H,1-4,17H2,(H,20,21);1-2H3. The summed E-state index contributed by atoms with van der Waals surface area (Å²) in [5.74, 6) is -1.67. The Morgan fingerprint density at radius 3 is 2.67 bits per heavy atom. The Morgan fingerprint density at radius 2 is 2.08 bits per heavy atom. The first kappa shape index (κ1) is 16.4. The van der Waals surface area contributed by atoms with E-state index in [1.165, 1.54) is 6.20 Å². The molecule has 2 aliphatic rings. The minimum Gasteiger partial charge on any atom is -0.489 e. The van der Waals surface area contributed by atoms with Crippen LogP contribution in [-0.2, 0) is 12.1 Å². The van der Waals surface area contributed by atoms with Crippen molar-refractivity contribution in [2.45, 2.75) is 38.8 Å². The summed E-state index contributed by atoms with van der Waals surface area (Å²) in [5, 5.41) is 9.15. The normalized spacial score (nSPS) is 16.8. The van der Waals surface area contributed by atoms with Crippen LogP contribution in [0.15, 0.2) is 17.1 Å². The molecule has 1 aromatic carbocycles. The number of aromatic carboxylic acids is 1. The first-order valence-corrected chi connectivity index (χ1v) is 7.97. The molecule has 4 rings (SSSR count). The number of hydrogen-bond donors (Lipinski definition) is 2. The van der Waals surface area contributed by atoms with E-state index >= 15 is 0 Å². The average molecular weight is 334 g/mol. The van der Waals surface area contributed by atoms with Gasteiger partial charge in [-0.15, -0.1) is 0 Å². The Hall–Kier alpha value is -2.41. The van der Waals surface area contributed by atoms with Crippen molar-refractivity contribution in [1.29, 1.82) is 0 Å². The third-order valence-electron chi connectivity index (χ3n) is 4.36. The summed E-state index contributed by atoms with van der Waals surface area (Å²) < 4.78 is 21.8. The highest BCUT2D eigenvalue weighted by molar-refractivity contribution is 5.95. The fourth-order valence-corrected chi connectivity index (χ4v) is 3.06. The number of hydrogen-bond acceptors (Lipinski definition) is 4. The number of rotatable bonds is 2. The number of nitrogens with two attached hydrogens (primary N) is 1. The third kappa shape index (κ3) is 2.27. The molecule has 0 amide bonds. The van der Waals surface area contributed by atoms with Crippen LogP contribution in [0.2, 0.25) is 0 Å². The van der Waals surface area contributed by atoms with Gasteiger partial charge in [-0.2, -0.15) is 0 Å². The summed E-state index contributed by atoms with van der Waals surface area (Å²) in [7, 11) is 0. The molecule has 1 saturated carbocycles. The molecule has 3 N–H and O–H groups in total. The highest BCUT2D eigenvalue weighted by atomic mass is 19.1. The quantitative estimate of drug-likeness (QED) is 0.878. The fourth-order valence-electron chi connectivity index (χ4n) is 3.06. The van der Waals surface area contributed by atoms with Gasteiger partial charge >= 0.3 is 5.97 Å². The number of halogens is 1. The molecule has 0 bridgehead atoms. The SMILES string of the molecule is CC.NC1(c2c(F)cc3c(=O)c(C(=O)O)cn4c3c2OCC4)CC1. The van der Waals surface area contributed by atoms with Crippen LogP contribution in [-0.4, -0.2) is 22.2 Å². The summed E-state index contributed by atoms with van der Waals surface area (Å²) in [6, 6.07) is 1.08. The van der Waals surface area contributed by atoms with Crippen molar-refractivity contribution in [2.75, 3.05) is 6.61 Å². The number of aromatic nitrogens is 1. The predicted octanol–water partition coefficient (Wildman–Crippen LogP) is 2.21. The van der Waals surface area contributed by atoms with Gasteiger partial charge in [-0.05, 0) is 18.9 Å². The van der Waals surface area contributed by atoms with Crippen LogP contribution < -0.4 is 15.9 Å². The molecule has 7 heteroatoms. The molecule has 0 atom stereocenters. The monoisotopic (exact) mass is 334 g/mol. The van der Waals surface area contributed by atoms with Gasteiger partial charge in [-0.3, -0.25) is 4.79 Å². The third-order valence-corrected chi connectivity index (χ3v) is 4.36. The zero-order valence-electron chi connectivity index (χ0n) is 13.6. The van der Waals surface area contributed by atoms with Crippen LogP contribution in [0.25, 0.3) is 10.9 Å². The molecule has 2 aromatic rings. The highest BCUT2D eigenvalue weighted by Crippen LogP contribution is 2.50. The molecule has 0 radical (unpaired) electrons. The molecule has 1 fully saturated rings. The molecule has 2 heterocycles. The van der Waals surface area contributed by atoms with Crippen molar-refractivity contribution in [3.63, 3.8) is 0 Å². The number of ether oxygens (including phenoxy) is 1. The topological polar surface area (TPSA) is 94.5 Å². The van der Waals surface area contributed by atoms with Crippen molar-refractivity contribution >= 4 is 16.9 Å². The second-order valence-electron chi connectivity index (χ2n) is 5.83. The van der Waals surface area contributed by atoms with Gasteiger partial charge < -0.3 is 20.1 Å². The minimum absolute atomic E-state index is 0.0140. The second-order valence-corrected chi connectivity index (χ2v) is 5.83. The van der Waals surface area contributed by atoms with Gasteiger partial charge in [0, 0.05) is 11.7 Å². The first-order valence-electron chi connectivity index (χ1n) is 7.97. The number of carboxylic acid groups (broad SMARTS) is 1. The fraction of sp³-hybridized carbons (Fsp3) is 0.412. The zero-order valence-corrected chi connectivity index (χ0v) is 13.6. The lowest BCUT2D eigenvalue weighted by atomic mass is 9.99. The smallest absolute Gasteiger partial charge is 0.341 e. The van der Waals surface area contributed by atoms with E-state index in [4.69, 9.17) is 15.6 Å². The second kappa shape index (κ2) is 5.59. The van der Waals surface area contributed by atoms with E-state index in [1.54, 1.807) is 4.57 Å². The van der Waals surface area contributed by atoms with E-state index in [2.05, 4.69) is 0 Å². The largest absolute Gasteiger partial charge is 0.489 e. The molecule has 128 valence electrons. The van der Waals surface area contributed by atoms with Crippen molar-refractivity contribution < 1.29 is 19.0 Å². The van der Waals surface area contributed by atoms with Gasteiger partial charge in [0.25, 0.3) is 0 Å². The Balaban J connectivity index is 0.000000815. The molecule has 1 aliphatic heterocycles. The number of carbonyl (C=O) groups is 1. The number of carboxylic acids is 1. The first-order chi connectivity index (χ1) is 11.4. The Kier molecular flexibility index (Phi) is 3.83. The van der Waals surface area contributed by atoms with E-state index in [0.717, 1.165) is 6.07 Å². The molecule has 0 unspecified atom stereocenters. The predicted molar refractivity (Wildman–Crippen MR) is 87.1 cm³/mol. The molecular formula is C17H19FN2O4. The molecule has 0 spiro atoms. The van der Waals surface area contributed by atoms with Crippen molar-refractivity contribution in [3.8, 4) is 5.75 Å². The maximum Gasteiger partial charge on any atom is 0.341 e. The van der Waals surface area contributed by atoms with E-state index in [-0.39, 0.29) is 28.9 Å². The van der Waals surface area contributed by atoms with Crippen LogP contribution in [0.3, 0.4) is 0 Å². The van der Waals surface area contributed by atoms with E-state index in [1.807, 2.05) is 13.8 Å². The van der Waals surface area contributed by atoms with Crippen LogP contribution in [0.4, 0.5) is 4.39 Å². The Bertz CT molecular complexity index is 900. The van der Waals surface area contributed by atoms with Gasteiger partial charge in [0.2, 0.25) is 5.43 Å². The Labute approximate surface area is 137 Å². The lowest BCUT2D eigenvalue weighted by molar-refractivity contribution is 0.0694. The lowest BCUT2D eigenvalue weighted by Gasteiger charge is -2.25. The summed E-state index contributed by atoms with van der Waals surface area (Å²) in [6.07, 6.45) is 2.60. The number of benzene rings is 1. The van der Waals surface area contributed by atoms with Crippen LogP contribution >= 0.6 is 0 Å². The molecule has 0 saturated heterocycles. The van der Waals surface area contributed by atoms with Crippen LogP contribution in [0.1, 0.15) is 42.6 Å².